The molecule has 0 amide bonds. The van der Waals surface area contributed by atoms with Gasteiger partial charge in [0.1, 0.15) is 11.5 Å². The van der Waals surface area contributed by atoms with E-state index in [1.807, 2.05) is 0 Å². The second kappa shape index (κ2) is 5.64. The third-order valence-electron chi connectivity index (χ3n) is 3.05. The van der Waals surface area contributed by atoms with Gasteiger partial charge in [0, 0.05) is 0 Å². The Morgan fingerprint density at radius 1 is 1.22 bits per heavy atom. The van der Waals surface area contributed by atoms with Crippen LogP contribution in [-0.2, 0) is 4.79 Å². The molecule has 96 valence electrons. The third-order valence-corrected chi connectivity index (χ3v) is 3.05. The molecule has 1 saturated heterocycles. The van der Waals surface area contributed by atoms with Crippen molar-refractivity contribution in [3.63, 3.8) is 0 Å². The molecule has 1 aliphatic heterocycles. The average Bonchev–Trinajstić information content (AvgIpc) is 2.38. The lowest BCUT2D eigenvalue weighted by Crippen LogP contribution is -3.13. The molecule has 0 spiro atoms. The van der Waals surface area contributed by atoms with Gasteiger partial charge < -0.3 is 19.5 Å². The van der Waals surface area contributed by atoms with Crippen LogP contribution < -0.4 is 14.7 Å². The maximum Gasteiger partial charge on any atom is 0.222 e. The highest BCUT2D eigenvalue weighted by Gasteiger charge is 2.19. The molecule has 2 rings (SSSR count). The number of carbonyl (C=O) groups is 2. The number of quaternary nitrogens is 1. The molecule has 1 aromatic carbocycles. The van der Waals surface area contributed by atoms with Gasteiger partial charge in [0.25, 0.3) is 0 Å². The van der Waals surface area contributed by atoms with E-state index >= 15 is 0 Å². The number of piperidine rings is 1. The molecular formula is C13H15NO4. The van der Waals surface area contributed by atoms with Gasteiger partial charge in [0.15, 0.2) is 0 Å². The van der Waals surface area contributed by atoms with Gasteiger partial charge in [-0.25, -0.2) is 0 Å². The van der Waals surface area contributed by atoms with E-state index in [-0.39, 0.29) is 5.56 Å². The highest BCUT2D eigenvalue weighted by Crippen LogP contribution is 2.10. The minimum absolute atomic E-state index is 0.137. The standard InChI is InChI=1S/C13H15NO4/c15-11-5-7-14(8-6-11)9-18-12-3-1-10(2-4-12)13(16)17/h1-4H,5-9H2,(H,16,17). The fraction of sp³-hybridized carbons (Fsp3) is 0.385. The van der Waals surface area contributed by atoms with E-state index < -0.39 is 5.97 Å². The van der Waals surface area contributed by atoms with Crippen LogP contribution in [0.5, 0.6) is 5.75 Å². The van der Waals surface area contributed by atoms with E-state index in [4.69, 9.17) is 4.74 Å². The summed E-state index contributed by atoms with van der Waals surface area (Å²) in [7, 11) is 0. The monoisotopic (exact) mass is 249 g/mol. The SMILES string of the molecule is O=C1CC[NH+](COc2ccc(C(=O)[O-])cc2)CC1. The zero-order chi connectivity index (χ0) is 13.0. The largest absolute Gasteiger partial charge is 0.545 e. The van der Waals surface area contributed by atoms with Crippen molar-refractivity contribution in [2.75, 3.05) is 19.8 Å². The maximum absolute atomic E-state index is 11.1. The number of nitrogens with one attached hydrogen (secondary N) is 1. The predicted octanol–water partition coefficient (Wildman–Crippen LogP) is -1.37. The van der Waals surface area contributed by atoms with Crippen molar-refractivity contribution in [1.82, 2.24) is 0 Å². The molecule has 1 fully saturated rings. The second-order valence-corrected chi connectivity index (χ2v) is 4.39. The van der Waals surface area contributed by atoms with Gasteiger partial charge in [0.05, 0.1) is 31.9 Å². The maximum atomic E-state index is 11.1. The molecule has 0 aliphatic carbocycles. The highest BCUT2D eigenvalue weighted by atomic mass is 16.5. The number of aromatic carboxylic acids is 1. The van der Waals surface area contributed by atoms with Crippen molar-refractivity contribution in [2.24, 2.45) is 0 Å². The van der Waals surface area contributed by atoms with Crippen LogP contribution in [0.4, 0.5) is 0 Å². The van der Waals surface area contributed by atoms with Gasteiger partial charge in [-0.05, 0) is 29.8 Å². The molecule has 18 heavy (non-hydrogen) atoms. The highest BCUT2D eigenvalue weighted by molar-refractivity contribution is 5.85. The molecule has 0 bridgehead atoms. The summed E-state index contributed by atoms with van der Waals surface area (Å²) in [6, 6.07) is 6.14. The number of rotatable bonds is 4. The topological polar surface area (TPSA) is 70.9 Å². The summed E-state index contributed by atoms with van der Waals surface area (Å²) < 4.78 is 5.55. The van der Waals surface area contributed by atoms with Crippen molar-refractivity contribution >= 4 is 11.8 Å². The lowest BCUT2D eigenvalue weighted by Gasteiger charge is -2.22. The summed E-state index contributed by atoms with van der Waals surface area (Å²) in [4.78, 5) is 22.9. The predicted molar refractivity (Wildman–Crippen MR) is 61.2 cm³/mol. The van der Waals surface area contributed by atoms with E-state index in [9.17, 15) is 14.7 Å². The Hall–Kier alpha value is -1.88. The van der Waals surface area contributed by atoms with Gasteiger partial charge in [-0.15, -0.1) is 0 Å². The molecular weight excluding hydrogens is 234 g/mol. The average molecular weight is 249 g/mol. The summed E-state index contributed by atoms with van der Waals surface area (Å²) in [6.07, 6.45) is 1.23. The normalized spacial score (nSPS) is 16.6. The first-order valence-corrected chi connectivity index (χ1v) is 5.94. The Kier molecular flexibility index (Phi) is 3.94. The lowest BCUT2D eigenvalue weighted by molar-refractivity contribution is -0.917. The number of hydrogen-bond donors (Lipinski definition) is 1. The number of ketones is 1. The molecule has 0 atom stereocenters. The van der Waals surface area contributed by atoms with Crippen molar-refractivity contribution in [2.45, 2.75) is 12.8 Å². The van der Waals surface area contributed by atoms with Crippen LogP contribution in [-0.4, -0.2) is 31.6 Å². The fourth-order valence-electron chi connectivity index (χ4n) is 1.90. The minimum atomic E-state index is -1.19. The summed E-state index contributed by atoms with van der Waals surface area (Å²) in [5, 5.41) is 10.6. The first-order valence-electron chi connectivity index (χ1n) is 5.94. The van der Waals surface area contributed by atoms with E-state index in [0.29, 0.717) is 31.1 Å². The lowest BCUT2D eigenvalue weighted by atomic mass is 10.1. The molecule has 1 aromatic rings. The van der Waals surface area contributed by atoms with Gasteiger partial charge in [0.2, 0.25) is 6.73 Å². The number of carbonyl (C=O) groups excluding carboxylic acids is 2. The zero-order valence-corrected chi connectivity index (χ0v) is 9.98. The van der Waals surface area contributed by atoms with Crippen LogP contribution in [0.15, 0.2) is 24.3 Å². The summed E-state index contributed by atoms with van der Waals surface area (Å²) in [5.41, 5.74) is 0.137. The quantitative estimate of drug-likeness (QED) is 0.715. The fourth-order valence-corrected chi connectivity index (χ4v) is 1.90. The number of carboxylic acids is 1. The van der Waals surface area contributed by atoms with Crippen molar-refractivity contribution in [3.05, 3.63) is 29.8 Å². The molecule has 0 unspecified atom stereocenters. The van der Waals surface area contributed by atoms with Crippen LogP contribution in [0.1, 0.15) is 23.2 Å². The number of Topliss-reactive ketones (excluding diaryl/α,β-unsaturated/α-hetero) is 1. The van der Waals surface area contributed by atoms with Crippen LogP contribution in [0, 0.1) is 0 Å². The molecule has 5 nitrogen and oxygen atoms in total. The Labute approximate surface area is 105 Å². The smallest absolute Gasteiger partial charge is 0.222 e. The van der Waals surface area contributed by atoms with Crippen molar-refractivity contribution in [1.29, 1.82) is 0 Å². The Balaban J connectivity index is 1.83. The Bertz CT molecular complexity index is 431. The second-order valence-electron chi connectivity index (χ2n) is 4.39. The minimum Gasteiger partial charge on any atom is -0.545 e. The number of likely N-dealkylation sites (tertiary alicyclic amines) is 1. The van der Waals surface area contributed by atoms with Crippen LogP contribution >= 0.6 is 0 Å². The first kappa shape index (κ1) is 12.6. The molecule has 1 heterocycles. The van der Waals surface area contributed by atoms with E-state index in [2.05, 4.69) is 0 Å². The number of ether oxygens (including phenoxy) is 1. The van der Waals surface area contributed by atoms with Crippen LogP contribution in [0.2, 0.25) is 0 Å². The molecule has 0 aromatic heterocycles. The molecule has 0 radical (unpaired) electrons. The number of benzene rings is 1. The van der Waals surface area contributed by atoms with Gasteiger partial charge in [-0.1, -0.05) is 0 Å². The number of hydrogen-bond acceptors (Lipinski definition) is 4. The van der Waals surface area contributed by atoms with E-state index in [1.54, 1.807) is 12.1 Å². The van der Waals surface area contributed by atoms with Gasteiger partial charge >= 0.3 is 0 Å². The summed E-state index contributed by atoms with van der Waals surface area (Å²) in [6.45, 7) is 2.10. The Morgan fingerprint density at radius 3 is 2.39 bits per heavy atom. The number of carboxylic acid groups (broad SMARTS) is 1. The first-order chi connectivity index (χ1) is 8.65. The molecule has 1 N–H and O–H groups in total. The Morgan fingerprint density at radius 2 is 1.83 bits per heavy atom. The van der Waals surface area contributed by atoms with E-state index in [1.165, 1.54) is 17.0 Å². The molecule has 1 aliphatic rings. The van der Waals surface area contributed by atoms with E-state index in [0.717, 1.165) is 13.1 Å². The van der Waals surface area contributed by atoms with Crippen molar-refractivity contribution in [3.8, 4) is 5.75 Å². The summed E-state index contributed by atoms with van der Waals surface area (Å²) in [5.74, 6) is -0.247. The van der Waals surface area contributed by atoms with Crippen molar-refractivity contribution < 1.29 is 24.3 Å². The van der Waals surface area contributed by atoms with Gasteiger partial charge in [-0.3, -0.25) is 4.79 Å². The third kappa shape index (κ3) is 3.30. The molecule has 5 heteroatoms. The van der Waals surface area contributed by atoms with Crippen LogP contribution in [0.3, 0.4) is 0 Å². The van der Waals surface area contributed by atoms with Crippen LogP contribution in [0.25, 0.3) is 0 Å². The van der Waals surface area contributed by atoms with Gasteiger partial charge in [-0.2, -0.15) is 0 Å². The molecule has 0 saturated carbocycles. The zero-order valence-electron chi connectivity index (χ0n) is 9.98. The summed E-state index contributed by atoms with van der Waals surface area (Å²) >= 11 is 0.